The molecule has 1 aliphatic heterocycles. The second kappa shape index (κ2) is 7.04. The van der Waals surface area contributed by atoms with Gasteiger partial charge in [0.1, 0.15) is 5.75 Å². The summed E-state index contributed by atoms with van der Waals surface area (Å²) in [6, 6.07) is 13.0. The zero-order valence-corrected chi connectivity index (χ0v) is 14.5. The third-order valence-electron chi connectivity index (χ3n) is 3.89. The highest BCUT2D eigenvalue weighted by atomic mass is 32.2. The molecule has 0 bridgehead atoms. The topological polar surface area (TPSA) is 119 Å². The van der Waals surface area contributed by atoms with Crippen LogP contribution in [0.15, 0.2) is 48.5 Å². The first-order valence-electron chi connectivity index (χ1n) is 7.81. The van der Waals surface area contributed by atoms with Crippen molar-refractivity contribution in [3.63, 3.8) is 0 Å². The molecular formula is C17H17N3O5S. The summed E-state index contributed by atoms with van der Waals surface area (Å²) in [4.78, 5) is 23.0. The molecular weight excluding hydrogens is 358 g/mol. The molecule has 3 rings (SSSR count). The van der Waals surface area contributed by atoms with Crippen molar-refractivity contribution in [1.82, 2.24) is 4.72 Å². The second-order valence-electron chi connectivity index (χ2n) is 5.66. The largest absolute Gasteiger partial charge is 0.484 e. The normalized spacial score (nSPS) is 13.2. The van der Waals surface area contributed by atoms with Gasteiger partial charge in [-0.15, -0.1) is 0 Å². The number of primary amides is 1. The van der Waals surface area contributed by atoms with E-state index >= 15 is 0 Å². The molecule has 1 heterocycles. The highest BCUT2D eigenvalue weighted by Gasteiger charge is 2.30. The summed E-state index contributed by atoms with van der Waals surface area (Å²) in [5.74, 6) is -1.06. The fourth-order valence-electron chi connectivity index (χ4n) is 2.65. The number of benzene rings is 2. The van der Waals surface area contributed by atoms with Crippen molar-refractivity contribution in [2.75, 3.05) is 17.5 Å². The van der Waals surface area contributed by atoms with Crippen LogP contribution in [-0.4, -0.2) is 33.4 Å². The Kier molecular flexibility index (Phi) is 4.81. The summed E-state index contributed by atoms with van der Waals surface area (Å²) in [6.45, 7) is -0.206. The fraction of sp³-hybridized carbons (Fsp3) is 0.176. The van der Waals surface area contributed by atoms with E-state index < -0.39 is 28.6 Å². The maximum absolute atomic E-state index is 12.4. The highest BCUT2D eigenvalue weighted by molar-refractivity contribution is 7.91. The Morgan fingerprint density at radius 3 is 2.50 bits per heavy atom. The summed E-state index contributed by atoms with van der Waals surface area (Å²) in [7, 11) is -4.00. The number of rotatable bonds is 6. The van der Waals surface area contributed by atoms with Crippen LogP contribution < -0.4 is 19.5 Å². The Morgan fingerprint density at radius 2 is 1.81 bits per heavy atom. The molecule has 3 N–H and O–H groups in total. The predicted molar refractivity (Wildman–Crippen MR) is 95.0 cm³/mol. The summed E-state index contributed by atoms with van der Waals surface area (Å²) < 4.78 is 33.2. The molecule has 0 unspecified atom stereocenters. The molecule has 26 heavy (non-hydrogen) atoms. The Bertz CT molecular complexity index is 941. The van der Waals surface area contributed by atoms with Crippen LogP contribution in [-0.2, 0) is 21.4 Å². The molecule has 136 valence electrons. The lowest BCUT2D eigenvalue weighted by atomic mass is 10.2. The number of hydrogen-bond acceptors (Lipinski definition) is 5. The van der Waals surface area contributed by atoms with Crippen LogP contribution in [0.4, 0.5) is 5.69 Å². The second-order valence-corrected chi connectivity index (χ2v) is 7.25. The van der Waals surface area contributed by atoms with E-state index in [1.807, 2.05) is 16.9 Å². The number of hydrogen-bond donors (Lipinski definition) is 2. The Balaban J connectivity index is 1.60. The number of nitrogens with two attached hydrogens (primary N) is 1. The standard InChI is InChI=1S/C17H17N3O5S/c18-17(22)13-5-7-14(8-6-13)25-11-16(21)19-26(23,24)20-10-9-12-3-1-2-4-15(12)20/h1-8H,9-11H2,(H2,18,22)(H,19,21). The van der Waals surface area contributed by atoms with Crippen LogP contribution in [0, 0.1) is 0 Å². The molecule has 9 heteroatoms. The van der Waals surface area contributed by atoms with Crippen molar-refractivity contribution in [1.29, 1.82) is 0 Å². The van der Waals surface area contributed by atoms with Gasteiger partial charge < -0.3 is 10.5 Å². The average Bonchev–Trinajstić information content (AvgIpc) is 3.05. The summed E-state index contributed by atoms with van der Waals surface area (Å²) >= 11 is 0. The summed E-state index contributed by atoms with van der Waals surface area (Å²) in [5.41, 5.74) is 6.92. The maximum Gasteiger partial charge on any atom is 0.326 e. The molecule has 0 spiro atoms. The van der Waals surface area contributed by atoms with Gasteiger partial charge in [0.15, 0.2) is 6.61 Å². The van der Waals surface area contributed by atoms with E-state index in [0.717, 1.165) is 5.56 Å². The van der Waals surface area contributed by atoms with Gasteiger partial charge in [-0.3, -0.25) is 13.9 Å². The van der Waals surface area contributed by atoms with Crippen molar-refractivity contribution >= 4 is 27.7 Å². The van der Waals surface area contributed by atoms with E-state index in [1.54, 1.807) is 12.1 Å². The van der Waals surface area contributed by atoms with Gasteiger partial charge in [-0.1, -0.05) is 18.2 Å². The van der Waals surface area contributed by atoms with Gasteiger partial charge in [-0.05, 0) is 42.3 Å². The number of para-hydroxylation sites is 1. The van der Waals surface area contributed by atoms with E-state index in [4.69, 9.17) is 10.5 Å². The molecule has 0 saturated heterocycles. The first-order chi connectivity index (χ1) is 12.4. The molecule has 0 atom stereocenters. The van der Waals surface area contributed by atoms with Gasteiger partial charge in [-0.25, -0.2) is 4.72 Å². The summed E-state index contributed by atoms with van der Waals surface area (Å²) in [5, 5.41) is 0. The van der Waals surface area contributed by atoms with Gasteiger partial charge in [0.05, 0.1) is 5.69 Å². The molecule has 0 aliphatic carbocycles. The molecule has 0 radical (unpaired) electrons. The van der Waals surface area contributed by atoms with Gasteiger partial charge in [0.2, 0.25) is 5.91 Å². The minimum absolute atomic E-state index is 0.275. The zero-order chi connectivity index (χ0) is 18.7. The molecule has 8 nitrogen and oxygen atoms in total. The maximum atomic E-state index is 12.4. The minimum atomic E-state index is -4.00. The Labute approximate surface area is 150 Å². The van der Waals surface area contributed by atoms with E-state index in [9.17, 15) is 18.0 Å². The quantitative estimate of drug-likeness (QED) is 0.766. The Hall–Kier alpha value is -3.07. The molecule has 2 aromatic carbocycles. The van der Waals surface area contributed by atoms with Crippen LogP contribution >= 0.6 is 0 Å². The van der Waals surface area contributed by atoms with E-state index in [2.05, 4.69) is 0 Å². The zero-order valence-electron chi connectivity index (χ0n) is 13.7. The van der Waals surface area contributed by atoms with Crippen molar-refractivity contribution in [3.8, 4) is 5.75 Å². The predicted octanol–water partition coefficient (Wildman–Crippen LogP) is 0.588. The van der Waals surface area contributed by atoms with E-state index in [0.29, 0.717) is 23.4 Å². The van der Waals surface area contributed by atoms with Crippen molar-refractivity contribution in [3.05, 3.63) is 59.7 Å². The number of carbonyl (C=O) groups is 2. The minimum Gasteiger partial charge on any atom is -0.484 e. The smallest absolute Gasteiger partial charge is 0.326 e. The van der Waals surface area contributed by atoms with Crippen LogP contribution in [0.3, 0.4) is 0 Å². The summed E-state index contributed by atoms with van der Waals surface area (Å²) in [6.07, 6.45) is 0.591. The fourth-order valence-corrected chi connectivity index (χ4v) is 3.88. The van der Waals surface area contributed by atoms with Gasteiger partial charge in [0.25, 0.3) is 5.91 Å². The van der Waals surface area contributed by atoms with Crippen molar-refractivity contribution < 1.29 is 22.7 Å². The monoisotopic (exact) mass is 375 g/mol. The molecule has 2 aromatic rings. The number of carbonyl (C=O) groups excluding carboxylic acids is 2. The number of amides is 2. The number of anilines is 1. The van der Waals surface area contributed by atoms with E-state index in [1.165, 1.54) is 28.6 Å². The third-order valence-corrected chi connectivity index (χ3v) is 5.33. The molecule has 0 fully saturated rings. The van der Waals surface area contributed by atoms with E-state index in [-0.39, 0.29) is 6.54 Å². The lowest BCUT2D eigenvalue weighted by Gasteiger charge is -2.19. The number of ether oxygens (including phenoxy) is 1. The van der Waals surface area contributed by atoms with Gasteiger partial charge in [0, 0.05) is 12.1 Å². The lowest BCUT2D eigenvalue weighted by molar-refractivity contribution is -0.121. The Morgan fingerprint density at radius 1 is 1.12 bits per heavy atom. The van der Waals surface area contributed by atoms with Crippen LogP contribution in [0.1, 0.15) is 15.9 Å². The lowest BCUT2D eigenvalue weighted by Crippen LogP contribution is -2.44. The van der Waals surface area contributed by atoms with Gasteiger partial charge in [-0.2, -0.15) is 8.42 Å². The molecule has 2 amide bonds. The molecule has 0 saturated carbocycles. The van der Waals surface area contributed by atoms with Crippen LogP contribution in [0.5, 0.6) is 5.75 Å². The SMILES string of the molecule is NC(=O)c1ccc(OCC(=O)NS(=O)(=O)N2CCc3ccccc32)cc1. The number of fused-ring (bicyclic) bond motifs is 1. The first kappa shape index (κ1) is 17.7. The van der Waals surface area contributed by atoms with Crippen molar-refractivity contribution in [2.45, 2.75) is 6.42 Å². The molecule has 1 aliphatic rings. The number of nitrogens with one attached hydrogen (secondary N) is 1. The number of nitrogens with zero attached hydrogens (tertiary/aromatic N) is 1. The first-order valence-corrected chi connectivity index (χ1v) is 9.25. The third kappa shape index (κ3) is 3.77. The van der Waals surface area contributed by atoms with Crippen LogP contribution in [0.25, 0.3) is 0 Å². The molecule has 0 aromatic heterocycles. The van der Waals surface area contributed by atoms with Gasteiger partial charge >= 0.3 is 10.2 Å². The highest BCUT2D eigenvalue weighted by Crippen LogP contribution is 2.29. The van der Waals surface area contributed by atoms with Crippen molar-refractivity contribution in [2.24, 2.45) is 5.73 Å². The van der Waals surface area contributed by atoms with Crippen LogP contribution in [0.2, 0.25) is 0 Å². The average molecular weight is 375 g/mol.